The molecule has 104 valence electrons. The third kappa shape index (κ3) is 3.75. The molecule has 0 spiro atoms. The van der Waals surface area contributed by atoms with E-state index in [9.17, 15) is 5.11 Å². The highest BCUT2D eigenvalue weighted by atomic mass is 32.1. The summed E-state index contributed by atoms with van der Waals surface area (Å²) in [6, 6.07) is 8.63. The number of aliphatic hydroxyl groups excluding tert-OH is 1. The quantitative estimate of drug-likeness (QED) is 0.853. The Labute approximate surface area is 118 Å². The molecule has 3 unspecified atom stereocenters. The molecular weight excluding hydrogens is 256 g/mol. The van der Waals surface area contributed by atoms with Crippen LogP contribution in [0.2, 0.25) is 0 Å². The summed E-state index contributed by atoms with van der Waals surface area (Å²) >= 11 is 1.77. The lowest BCUT2D eigenvalue weighted by atomic mass is 10.0. The first-order chi connectivity index (χ1) is 9.08. The maximum absolute atomic E-state index is 9.27. The van der Waals surface area contributed by atoms with Crippen LogP contribution in [0.25, 0.3) is 10.2 Å². The fourth-order valence-electron chi connectivity index (χ4n) is 2.00. The van der Waals surface area contributed by atoms with Gasteiger partial charge in [-0.05, 0) is 38.9 Å². The first kappa shape index (κ1) is 14.4. The van der Waals surface area contributed by atoms with E-state index in [1.165, 1.54) is 9.71 Å². The molecule has 4 heteroatoms. The Kier molecular flexibility index (Phi) is 4.91. The van der Waals surface area contributed by atoms with E-state index in [0.29, 0.717) is 12.0 Å². The average molecular weight is 278 g/mol. The SMILES string of the molecule is CC(O)CCNC(C)C(C)c1nc2ccccc2s1. The molecule has 1 aromatic carbocycles. The Hall–Kier alpha value is -0.970. The van der Waals surface area contributed by atoms with Gasteiger partial charge in [-0.3, -0.25) is 0 Å². The molecule has 2 aromatic rings. The van der Waals surface area contributed by atoms with Gasteiger partial charge in [-0.25, -0.2) is 4.98 Å². The number of aromatic nitrogens is 1. The van der Waals surface area contributed by atoms with Crippen LogP contribution in [0.1, 0.15) is 38.1 Å². The Morgan fingerprint density at radius 1 is 1.26 bits per heavy atom. The molecule has 0 aliphatic rings. The van der Waals surface area contributed by atoms with E-state index in [1.807, 2.05) is 13.0 Å². The highest BCUT2D eigenvalue weighted by Crippen LogP contribution is 2.28. The van der Waals surface area contributed by atoms with Crippen molar-refractivity contribution >= 4 is 21.6 Å². The van der Waals surface area contributed by atoms with E-state index in [4.69, 9.17) is 4.98 Å². The molecular formula is C15H22N2OS. The highest BCUT2D eigenvalue weighted by Gasteiger charge is 2.17. The fourth-order valence-corrected chi connectivity index (χ4v) is 3.12. The standard InChI is InChI=1S/C15H22N2OS/c1-10(18)8-9-16-12(3)11(2)15-17-13-6-4-5-7-14(13)19-15/h4-7,10-12,16,18H,8-9H2,1-3H3. The molecule has 2 rings (SSSR count). The molecule has 0 fully saturated rings. The Morgan fingerprint density at radius 2 is 2.00 bits per heavy atom. The van der Waals surface area contributed by atoms with Crippen LogP contribution >= 0.6 is 11.3 Å². The van der Waals surface area contributed by atoms with Gasteiger partial charge in [0.2, 0.25) is 0 Å². The third-order valence-electron chi connectivity index (χ3n) is 3.48. The summed E-state index contributed by atoms with van der Waals surface area (Å²) in [7, 11) is 0. The summed E-state index contributed by atoms with van der Waals surface area (Å²) in [5, 5.41) is 13.9. The lowest BCUT2D eigenvalue weighted by molar-refractivity contribution is 0.182. The summed E-state index contributed by atoms with van der Waals surface area (Å²) in [5.74, 6) is 0.381. The average Bonchev–Trinajstić information content (AvgIpc) is 2.80. The number of hydrogen-bond donors (Lipinski definition) is 2. The van der Waals surface area contributed by atoms with Gasteiger partial charge in [-0.2, -0.15) is 0 Å². The van der Waals surface area contributed by atoms with Gasteiger partial charge in [-0.15, -0.1) is 11.3 Å². The summed E-state index contributed by atoms with van der Waals surface area (Å²) in [5.41, 5.74) is 1.09. The number of nitrogens with zero attached hydrogens (tertiary/aromatic N) is 1. The van der Waals surface area contributed by atoms with Crippen molar-refractivity contribution in [2.45, 2.75) is 45.3 Å². The molecule has 0 aliphatic heterocycles. The van der Waals surface area contributed by atoms with E-state index in [-0.39, 0.29) is 6.10 Å². The van der Waals surface area contributed by atoms with Crippen molar-refractivity contribution in [1.29, 1.82) is 0 Å². The number of benzene rings is 1. The van der Waals surface area contributed by atoms with E-state index < -0.39 is 0 Å². The van der Waals surface area contributed by atoms with E-state index in [0.717, 1.165) is 18.5 Å². The molecule has 0 amide bonds. The van der Waals surface area contributed by atoms with Gasteiger partial charge >= 0.3 is 0 Å². The zero-order valence-electron chi connectivity index (χ0n) is 11.8. The van der Waals surface area contributed by atoms with Crippen LogP contribution in [-0.2, 0) is 0 Å². The van der Waals surface area contributed by atoms with Crippen molar-refractivity contribution < 1.29 is 5.11 Å². The molecule has 0 bridgehead atoms. The third-order valence-corrected chi connectivity index (χ3v) is 4.72. The van der Waals surface area contributed by atoms with Gasteiger partial charge in [0.05, 0.1) is 21.3 Å². The fraction of sp³-hybridized carbons (Fsp3) is 0.533. The van der Waals surface area contributed by atoms with Crippen LogP contribution in [0.5, 0.6) is 0 Å². The summed E-state index contributed by atoms with van der Waals surface area (Å²) in [6.45, 7) is 7.05. The predicted octanol–water partition coefficient (Wildman–Crippen LogP) is 3.15. The molecule has 3 nitrogen and oxygen atoms in total. The number of hydrogen-bond acceptors (Lipinski definition) is 4. The molecule has 0 saturated heterocycles. The molecule has 2 N–H and O–H groups in total. The molecule has 0 saturated carbocycles. The van der Waals surface area contributed by atoms with Crippen molar-refractivity contribution in [3.05, 3.63) is 29.3 Å². The van der Waals surface area contributed by atoms with E-state index in [2.05, 4.69) is 37.4 Å². The smallest absolute Gasteiger partial charge is 0.0982 e. The van der Waals surface area contributed by atoms with Crippen molar-refractivity contribution in [2.75, 3.05) is 6.54 Å². The first-order valence-electron chi connectivity index (χ1n) is 6.85. The Balaban J connectivity index is 1.99. The van der Waals surface area contributed by atoms with E-state index in [1.54, 1.807) is 11.3 Å². The van der Waals surface area contributed by atoms with Crippen molar-refractivity contribution in [3.63, 3.8) is 0 Å². The summed E-state index contributed by atoms with van der Waals surface area (Å²) < 4.78 is 1.25. The minimum Gasteiger partial charge on any atom is -0.393 e. The largest absolute Gasteiger partial charge is 0.393 e. The number of thiazole rings is 1. The molecule has 0 radical (unpaired) electrons. The number of nitrogens with one attached hydrogen (secondary N) is 1. The predicted molar refractivity (Wildman–Crippen MR) is 81.8 cm³/mol. The lowest BCUT2D eigenvalue weighted by Gasteiger charge is -2.19. The Morgan fingerprint density at radius 3 is 2.68 bits per heavy atom. The number of rotatable bonds is 6. The minimum atomic E-state index is -0.238. The van der Waals surface area contributed by atoms with Crippen LogP contribution < -0.4 is 5.32 Å². The number of fused-ring (bicyclic) bond motifs is 1. The van der Waals surface area contributed by atoms with Gasteiger partial charge in [0.1, 0.15) is 0 Å². The molecule has 0 aliphatic carbocycles. The molecule has 3 atom stereocenters. The van der Waals surface area contributed by atoms with Gasteiger partial charge in [0.25, 0.3) is 0 Å². The molecule has 1 heterocycles. The summed E-state index contributed by atoms with van der Waals surface area (Å²) in [6.07, 6.45) is 0.550. The number of para-hydroxylation sites is 1. The monoisotopic (exact) mass is 278 g/mol. The van der Waals surface area contributed by atoms with Crippen LogP contribution in [0, 0.1) is 0 Å². The van der Waals surface area contributed by atoms with Crippen LogP contribution in [0.3, 0.4) is 0 Å². The maximum Gasteiger partial charge on any atom is 0.0982 e. The maximum atomic E-state index is 9.27. The minimum absolute atomic E-state index is 0.238. The molecule has 19 heavy (non-hydrogen) atoms. The van der Waals surface area contributed by atoms with Gasteiger partial charge < -0.3 is 10.4 Å². The van der Waals surface area contributed by atoms with Crippen molar-refractivity contribution in [2.24, 2.45) is 0 Å². The normalized spacial score (nSPS) is 16.4. The second-order valence-electron chi connectivity index (χ2n) is 5.19. The second kappa shape index (κ2) is 6.46. The second-order valence-corrected chi connectivity index (χ2v) is 6.25. The zero-order chi connectivity index (χ0) is 13.8. The van der Waals surface area contributed by atoms with Crippen molar-refractivity contribution in [1.82, 2.24) is 10.3 Å². The first-order valence-corrected chi connectivity index (χ1v) is 7.66. The highest BCUT2D eigenvalue weighted by molar-refractivity contribution is 7.18. The van der Waals surface area contributed by atoms with Crippen LogP contribution in [0.15, 0.2) is 24.3 Å². The molecule has 1 aromatic heterocycles. The van der Waals surface area contributed by atoms with E-state index >= 15 is 0 Å². The van der Waals surface area contributed by atoms with Crippen molar-refractivity contribution in [3.8, 4) is 0 Å². The zero-order valence-corrected chi connectivity index (χ0v) is 12.6. The summed E-state index contributed by atoms with van der Waals surface area (Å²) in [4.78, 5) is 4.71. The lowest BCUT2D eigenvalue weighted by Crippen LogP contribution is -2.32. The van der Waals surface area contributed by atoms with Crippen LogP contribution in [-0.4, -0.2) is 28.8 Å². The van der Waals surface area contributed by atoms with Crippen LogP contribution in [0.4, 0.5) is 0 Å². The topological polar surface area (TPSA) is 45.1 Å². The van der Waals surface area contributed by atoms with Gasteiger partial charge in [0, 0.05) is 12.0 Å². The number of aliphatic hydroxyl groups is 1. The Bertz CT molecular complexity index is 491. The van der Waals surface area contributed by atoms with Gasteiger partial charge in [0.15, 0.2) is 0 Å². The van der Waals surface area contributed by atoms with Gasteiger partial charge in [-0.1, -0.05) is 19.1 Å².